The van der Waals surface area contributed by atoms with Gasteiger partial charge in [-0.05, 0) is 31.2 Å². The molecule has 0 aromatic rings. The van der Waals surface area contributed by atoms with E-state index in [2.05, 4.69) is 20.8 Å². The van der Waals surface area contributed by atoms with E-state index in [-0.39, 0.29) is 6.10 Å². The predicted molar refractivity (Wildman–Crippen MR) is 57.5 cm³/mol. The molecule has 0 saturated carbocycles. The number of aliphatic hydroxyl groups is 1. The zero-order chi connectivity index (χ0) is 10.3. The molecule has 0 spiro atoms. The first-order chi connectivity index (χ1) is 6.17. The third-order valence-corrected chi connectivity index (χ3v) is 2.77. The average molecular weight is 187 g/mol. The molecular weight excluding hydrogens is 162 g/mol. The minimum Gasteiger partial charge on any atom is -0.393 e. The summed E-state index contributed by atoms with van der Waals surface area (Å²) < 4.78 is 0. The van der Waals surface area contributed by atoms with Crippen molar-refractivity contribution in [3.63, 3.8) is 0 Å². The van der Waals surface area contributed by atoms with Gasteiger partial charge >= 0.3 is 0 Å². The molecule has 0 aliphatic carbocycles. The first-order valence-corrected chi connectivity index (χ1v) is 5.55. The fourth-order valence-corrected chi connectivity index (χ4v) is 1.89. The van der Waals surface area contributed by atoms with E-state index in [1.165, 1.54) is 0 Å². The highest BCUT2D eigenvalue weighted by molar-refractivity contribution is 4.74. The van der Waals surface area contributed by atoms with E-state index >= 15 is 0 Å². The molecule has 2 nitrogen and oxygen atoms in total. The van der Waals surface area contributed by atoms with Gasteiger partial charge in [-0.3, -0.25) is 0 Å². The first kappa shape index (κ1) is 12.9. The van der Waals surface area contributed by atoms with Crippen LogP contribution in [0.4, 0.5) is 0 Å². The Morgan fingerprint density at radius 2 is 1.69 bits per heavy atom. The lowest BCUT2D eigenvalue weighted by atomic mass is 9.86. The third kappa shape index (κ3) is 4.63. The van der Waals surface area contributed by atoms with Crippen molar-refractivity contribution in [2.24, 2.45) is 17.6 Å². The third-order valence-electron chi connectivity index (χ3n) is 2.77. The van der Waals surface area contributed by atoms with Crippen LogP contribution in [-0.2, 0) is 0 Å². The molecule has 0 aliphatic rings. The lowest BCUT2D eigenvalue weighted by Crippen LogP contribution is -2.32. The number of rotatable bonds is 7. The summed E-state index contributed by atoms with van der Waals surface area (Å²) >= 11 is 0. The van der Waals surface area contributed by atoms with E-state index in [9.17, 15) is 5.11 Å². The SMILES string of the molecule is CCCC(C)C(O)C(CN)CCC. The van der Waals surface area contributed by atoms with Crippen LogP contribution >= 0.6 is 0 Å². The fraction of sp³-hybridized carbons (Fsp3) is 1.00. The van der Waals surface area contributed by atoms with E-state index in [0.29, 0.717) is 18.4 Å². The summed E-state index contributed by atoms with van der Waals surface area (Å²) in [6.07, 6.45) is 4.19. The summed E-state index contributed by atoms with van der Waals surface area (Å²) in [7, 11) is 0. The predicted octanol–water partition coefficient (Wildman–Crippen LogP) is 2.16. The van der Waals surface area contributed by atoms with E-state index in [4.69, 9.17) is 5.73 Å². The van der Waals surface area contributed by atoms with Gasteiger partial charge < -0.3 is 10.8 Å². The largest absolute Gasteiger partial charge is 0.393 e. The molecule has 0 fully saturated rings. The molecule has 3 N–H and O–H groups in total. The molecule has 0 aromatic heterocycles. The Labute approximate surface area is 82.5 Å². The van der Waals surface area contributed by atoms with Gasteiger partial charge in [0.25, 0.3) is 0 Å². The maximum Gasteiger partial charge on any atom is 0.0605 e. The van der Waals surface area contributed by atoms with Gasteiger partial charge in [0.1, 0.15) is 0 Å². The van der Waals surface area contributed by atoms with Crippen LogP contribution in [0.3, 0.4) is 0 Å². The van der Waals surface area contributed by atoms with Crippen LogP contribution in [0.2, 0.25) is 0 Å². The van der Waals surface area contributed by atoms with Crippen molar-refractivity contribution < 1.29 is 5.11 Å². The quantitative estimate of drug-likeness (QED) is 0.641. The highest BCUT2D eigenvalue weighted by Gasteiger charge is 2.21. The monoisotopic (exact) mass is 187 g/mol. The highest BCUT2D eigenvalue weighted by Crippen LogP contribution is 2.20. The molecule has 2 heteroatoms. The topological polar surface area (TPSA) is 46.2 Å². The fourth-order valence-electron chi connectivity index (χ4n) is 1.89. The Balaban J connectivity index is 3.94. The number of aliphatic hydroxyl groups excluding tert-OH is 1. The van der Waals surface area contributed by atoms with Gasteiger partial charge in [0.2, 0.25) is 0 Å². The lowest BCUT2D eigenvalue weighted by Gasteiger charge is -2.26. The molecule has 3 unspecified atom stereocenters. The number of hydrogen-bond acceptors (Lipinski definition) is 2. The molecule has 0 radical (unpaired) electrons. The van der Waals surface area contributed by atoms with Crippen molar-refractivity contribution >= 4 is 0 Å². The van der Waals surface area contributed by atoms with Crippen LogP contribution in [0.5, 0.6) is 0 Å². The molecule has 0 aliphatic heterocycles. The van der Waals surface area contributed by atoms with E-state index in [1.807, 2.05) is 0 Å². The summed E-state index contributed by atoms with van der Waals surface area (Å²) in [4.78, 5) is 0. The van der Waals surface area contributed by atoms with Gasteiger partial charge in [0, 0.05) is 0 Å². The van der Waals surface area contributed by atoms with Crippen LogP contribution in [0.1, 0.15) is 46.5 Å². The second kappa shape index (κ2) is 7.34. The summed E-state index contributed by atoms with van der Waals surface area (Å²) in [6, 6.07) is 0. The minimum absolute atomic E-state index is 0.204. The Morgan fingerprint density at radius 1 is 1.15 bits per heavy atom. The molecular formula is C11H25NO. The first-order valence-electron chi connectivity index (χ1n) is 5.55. The van der Waals surface area contributed by atoms with Crippen LogP contribution in [0, 0.1) is 11.8 Å². The minimum atomic E-state index is -0.204. The maximum atomic E-state index is 9.96. The maximum absolute atomic E-state index is 9.96. The van der Waals surface area contributed by atoms with Crippen LogP contribution in [0.15, 0.2) is 0 Å². The van der Waals surface area contributed by atoms with Gasteiger partial charge in [-0.25, -0.2) is 0 Å². The van der Waals surface area contributed by atoms with E-state index < -0.39 is 0 Å². The van der Waals surface area contributed by atoms with Gasteiger partial charge in [-0.1, -0.05) is 33.6 Å². The average Bonchev–Trinajstić information content (AvgIpc) is 2.13. The molecule has 13 heavy (non-hydrogen) atoms. The second-order valence-corrected chi connectivity index (χ2v) is 4.04. The number of hydrogen-bond donors (Lipinski definition) is 2. The molecule has 0 amide bonds. The molecule has 0 heterocycles. The zero-order valence-corrected chi connectivity index (χ0v) is 9.29. The smallest absolute Gasteiger partial charge is 0.0605 e. The molecule has 80 valence electrons. The molecule has 0 bridgehead atoms. The van der Waals surface area contributed by atoms with Crippen molar-refractivity contribution in [1.29, 1.82) is 0 Å². The van der Waals surface area contributed by atoms with Crippen molar-refractivity contribution in [3.05, 3.63) is 0 Å². The molecule has 0 aromatic carbocycles. The van der Waals surface area contributed by atoms with Gasteiger partial charge in [0.15, 0.2) is 0 Å². The normalized spacial score (nSPS) is 18.2. The summed E-state index contributed by atoms with van der Waals surface area (Å²) in [6.45, 7) is 7.02. The Bertz CT molecular complexity index is 117. The zero-order valence-electron chi connectivity index (χ0n) is 9.29. The Kier molecular flexibility index (Phi) is 7.29. The van der Waals surface area contributed by atoms with Crippen LogP contribution < -0.4 is 5.73 Å². The molecule has 0 saturated heterocycles. The van der Waals surface area contributed by atoms with Gasteiger partial charge in [0.05, 0.1) is 6.10 Å². The lowest BCUT2D eigenvalue weighted by molar-refractivity contribution is 0.0527. The van der Waals surface area contributed by atoms with Crippen LogP contribution in [0.25, 0.3) is 0 Å². The summed E-state index contributed by atoms with van der Waals surface area (Å²) in [5.41, 5.74) is 5.63. The van der Waals surface area contributed by atoms with Gasteiger partial charge in [-0.15, -0.1) is 0 Å². The van der Waals surface area contributed by atoms with Crippen molar-refractivity contribution in [1.82, 2.24) is 0 Å². The van der Waals surface area contributed by atoms with Crippen molar-refractivity contribution in [2.75, 3.05) is 6.54 Å². The molecule has 0 rings (SSSR count). The van der Waals surface area contributed by atoms with Crippen molar-refractivity contribution in [3.8, 4) is 0 Å². The Morgan fingerprint density at radius 3 is 2.08 bits per heavy atom. The highest BCUT2D eigenvalue weighted by atomic mass is 16.3. The van der Waals surface area contributed by atoms with Crippen molar-refractivity contribution in [2.45, 2.75) is 52.6 Å². The summed E-state index contributed by atoms with van der Waals surface area (Å²) in [5, 5.41) is 9.96. The van der Waals surface area contributed by atoms with Crippen LogP contribution in [-0.4, -0.2) is 17.8 Å². The Hall–Kier alpha value is -0.0800. The number of nitrogens with two attached hydrogens (primary N) is 1. The van der Waals surface area contributed by atoms with E-state index in [1.54, 1.807) is 0 Å². The molecule has 3 atom stereocenters. The van der Waals surface area contributed by atoms with E-state index in [0.717, 1.165) is 25.7 Å². The standard InChI is InChI=1S/C11H25NO/c1-4-6-9(3)11(13)10(8-12)7-5-2/h9-11,13H,4-8,12H2,1-3H3. The van der Waals surface area contributed by atoms with Gasteiger partial charge in [-0.2, -0.15) is 0 Å². The second-order valence-electron chi connectivity index (χ2n) is 4.04. The summed E-state index contributed by atoms with van der Waals surface area (Å²) in [5.74, 6) is 0.691.